The summed E-state index contributed by atoms with van der Waals surface area (Å²) in [6, 6.07) is 3.53. The summed E-state index contributed by atoms with van der Waals surface area (Å²) in [5, 5.41) is 1.95. The van der Waals surface area contributed by atoms with Crippen molar-refractivity contribution in [3.8, 4) is 0 Å². The van der Waals surface area contributed by atoms with Gasteiger partial charge in [-0.15, -0.1) is 11.3 Å². The molecule has 0 aromatic carbocycles. The van der Waals surface area contributed by atoms with Crippen molar-refractivity contribution in [2.45, 2.75) is 6.61 Å². The quantitative estimate of drug-likeness (QED) is 0.886. The van der Waals surface area contributed by atoms with Crippen LogP contribution in [-0.4, -0.2) is 10.5 Å². The summed E-state index contributed by atoms with van der Waals surface area (Å²) in [7, 11) is 1.76. The van der Waals surface area contributed by atoms with Crippen molar-refractivity contribution in [1.29, 1.82) is 0 Å². The summed E-state index contributed by atoms with van der Waals surface area (Å²) in [6.45, 7) is 0.278. The number of carbonyl (C=O) groups is 1. The van der Waals surface area contributed by atoms with E-state index in [1.807, 2.05) is 11.4 Å². The van der Waals surface area contributed by atoms with Gasteiger partial charge in [0, 0.05) is 28.0 Å². The molecule has 6 heteroatoms. The van der Waals surface area contributed by atoms with Crippen LogP contribution in [-0.2, 0) is 18.4 Å². The van der Waals surface area contributed by atoms with E-state index < -0.39 is 0 Å². The monoisotopic (exact) mass is 314 g/mol. The number of rotatable bonds is 3. The predicted molar refractivity (Wildman–Crippen MR) is 71.0 cm³/mol. The highest BCUT2D eigenvalue weighted by atomic mass is 79.9. The number of thiophene rings is 1. The summed E-state index contributed by atoms with van der Waals surface area (Å²) in [4.78, 5) is 12.7. The molecule has 0 saturated carbocycles. The summed E-state index contributed by atoms with van der Waals surface area (Å²) >= 11 is 4.89. The van der Waals surface area contributed by atoms with Gasteiger partial charge in [-0.1, -0.05) is 0 Å². The summed E-state index contributed by atoms with van der Waals surface area (Å²) in [6.07, 6.45) is 1.68. The van der Waals surface area contributed by atoms with Gasteiger partial charge in [0.1, 0.15) is 12.3 Å². The lowest BCUT2D eigenvalue weighted by Gasteiger charge is -2.03. The van der Waals surface area contributed by atoms with E-state index in [-0.39, 0.29) is 12.6 Å². The number of nitrogens with zero attached hydrogens (tertiary/aromatic N) is 1. The average Bonchev–Trinajstić information content (AvgIpc) is 2.81. The zero-order chi connectivity index (χ0) is 12.4. The fraction of sp³-hybridized carbons (Fsp3) is 0.182. The molecule has 0 radical (unpaired) electrons. The van der Waals surface area contributed by atoms with Crippen LogP contribution in [0.5, 0.6) is 0 Å². The molecule has 4 nitrogen and oxygen atoms in total. The fourth-order valence-electron chi connectivity index (χ4n) is 1.43. The second-order valence-corrected chi connectivity index (χ2v) is 5.49. The minimum absolute atomic E-state index is 0.278. The highest BCUT2D eigenvalue weighted by Gasteiger charge is 2.12. The van der Waals surface area contributed by atoms with Gasteiger partial charge in [0.2, 0.25) is 0 Å². The normalized spacial score (nSPS) is 10.5. The van der Waals surface area contributed by atoms with E-state index in [1.165, 1.54) is 0 Å². The third-order valence-electron chi connectivity index (χ3n) is 2.20. The van der Waals surface area contributed by atoms with Crippen LogP contribution in [0.1, 0.15) is 15.4 Å². The molecular formula is C11H11BrN2O2S. The van der Waals surface area contributed by atoms with Gasteiger partial charge in [-0.3, -0.25) is 0 Å². The molecule has 0 amide bonds. The van der Waals surface area contributed by atoms with Crippen LogP contribution in [0.25, 0.3) is 0 Å². The Morgan fingerprint density at radius 3 is 2.88 bits per heavy atom. The number of aryl methyl sites for hydroxylation is 1. The summed E-state index contributed by atoms with van der Waals surface area (Å²) in [5.41, 5.74) is 6.61. The Balaban J connectivity index is 2.00. The van der Waals surface area contributed by atoms with Gasteiger partial charge in [-0.25, -0.2) is 4.79 Å². The highest BCUT2D eigenvalue weighted by Crippen LogP contribution is 2.21. The molecule has 2 aromatic heterocycles. The molecule has 2 N–H and O–H groups in total. The van der Waals surface area contributed by atoms with E-state index in [2.05, 4.69) is 15.9 Å². The number of anilines is 1. The van der Waals surface area contributed by atoms with Crippen molar-refractivity contribution in [3.05, 3.63) is 38.8 Å². The predicted octanol–water partition coefficient (Wildman–Crippen LogP) is 2.79. The zero-order valence-electron chi connectivity index (χ0n) is 9.14. The zero-order valence-corrected chi connectivity index (χ0v) is 11.5. The van der Waals surface area contributed by atoms with Crippen LogP contribution in [0.2, 0.25) is 0 Å². The van der Waals surface area contributed by atoms with Gasteiger partial charge in [0.15, 0.2) is 0 Å². The molecule has 90 valence electrons. The Kier molecular flexibility index (Phi) is 3.54. The van der Waals surface area contributed by atoms with E-state index in [9.17, 15) is 4.79 Å². The van der Waals surface area contributed by atoms with E-state index >= 15 is 0 Å². The second kappa shape index (κ2) is 4.93. The fourth-order valence-corrected chi connectivity index (χ4v) is 2.80. The molecule has 17 heavy (non-hydrogen) atoms. The maximum absolute atomic E-state index is 11.8. The van der Waals surface area contributed by atoms with E-state index in [0.717, 1.165) is 9.35 Å². The molecule has 0 aliphatic heterocycles. The molecule has 0 aliphatic carbocycles. The molecular weight excluding hydrogens is 304 g/mol. The van der Waals surface area contributed by atoms with Crippen LogP contribution in [0.15, 0.2) is 28.2 Å². The standard InChI is InChI=1S/C11H11BrN2O2S/c1-14-4-8(13)3-10(14)11(15)16-5-9-2-7(12)6-17-9/h2-4,6H,5,13H2,1H3. The van der Waals surface area contributed by atoms with E-state index in [4.69, 9.17) is 10.5 Å². The minimum atomic E-state index is -0.367. The molecule has 0 bridgehead atoms. The van der Waals surface area contributed by atoms with Crippen molar-refractivity contribution in [2.75, 3.05) is 5.73 Å². The van der Waals surface area contributed by atoms with Gasteiger partial charge in [-0.2, -0.15) is 0 Å². The molecule has 0 unspecified atom stereocenters. The number of nitrogen functional groups attached to an aromatic ring is 1. The van der Waals surface area contributed by atoms with E-state index in [0.29, 0.717) is 11.4 Å². The Morgan fingerprint density at radius 2 is 2.35 bits per heavy atom. The first-order valence-corrected chi connectivity index (χ1v) is 6.55. The summed E-state index contributed by atoms with van der Waals surface area (Å²) in [5.74, 6) is -0.367. The second-order valence-electron chi connectivity index (χ2n) is 3.58. The molecule has 2 aromatic rings. The number of halogens is 1. The average molecular weight is 315 g/mol. The number of carbonyl (C=O) groups excluding carboxylic acids is 1. The van der Waals surface area contributed by atoms with Crippen LogP contribution in [0.4, 0.5) is 5.69 Å². The van der Waals surface area contributed by atoms with Crippen LogP contribution in [0, 0.1) is 0 Å². The molecule has 0 spiro atoms. The van der Waals surface area contributed by atoms with Crippen molar-refractivity contribution in [1.82, 2.24) is 4.57 Å². The van der Waals surface area contributed by atoms with Crippen LogP contribution < -0.4 is 5.73 Å². The van der Waals surface area contributed by atoms with Crippen molar-refractivity contribution < 1.29 is 9.53 Å². The molecule has 0 atom stereocenters. The Bertz CT molecular complexity index is 547. The van der Waals surface area contributed by atoms with Gasteiger partial charge in [-0.05, 0) is 28.1 Å². The summed E-state index contributed by atoms with van der Waals surface area (Å²) < 4.78 is 7.85. The van der Waals surface area contributed by atoms with Crippen LogP contribution in [0.3, 0.4) is 0 Å². The van der Waals surface area contributed by atoms with Gasteiger partial charge in [0.25, 0.3) is 0 Å². The molecule has 0 fully saturated rings. The largest absolute Gasteiger partial charge is 0.455 e. The SMILES string of the molecule is Cn1cc(N)cc1C(=O)OCc1cc(Br)cs1. The van der Waals surface area contributed by atoms with Gasteiger partial charge < -0.3 is 15.0 Å². The number of hydrogen-bond donors (Lipinski definition) is 1. The Labute approximate surface area is 111 Å². The molecule has 0 saturated heterocycles. The van der Waals surface area contributed by atoms with Crippen molar-refractivity contribution in [3.63, 3.8) is 0 Å². The smallest absolute Gasteiger partial charge is 0.355 e. The first kappa shape index (κ1) is 12.2. The molecule has 2 rings (SSSR count). The maximum Gasteiger partial charge on any atom is 0.355 e. The Morgan fingerprint density at radius 1 is 1.59 bits per heavy atom. The van der Waals surface area contributed by atoms with Crippen molar-refractivity contribution >= 4 is 38.9 Å². The van der Waals surface area contributed by atoms with Crippen molar-refractivity contribution in [2.24, 2.45) is 7.05 Å². The first-order valence-electron chi connectivity index (χ1n) is 4.88. The highest BCUT2D eigenvalue weighted by molar-refractivity contribution is 9.10. The molecule has 2 heterocycles. The number of esters is 1. The third kappa shape index (κ3) is 2.89. The van der Waals surface area contributed by atoms with Crippen LogP contribution >= 0.6 is 27.3 Å². The minimum Gasteiger partial charge on any atom is -0.455 e. The van der Waals surface area contributed by atoms with E-state index in [1.54, 1.807) is 35.2 Å². The number of nitrogens with two attached hydrogens (primary N) is 1. The van der Waals surface area contributed by atoms with Gasteiger partial charge >= 0.3 is 5.97 Å². The topological polar surface area (TPSA) is 57.2 Å². The lowest BCUT2D eigenvalue weighted by atomic mass is 10.4. The molecule has 0 aliphatic rings. The number of ether oxygens (including phenoxy) is 1. The number of aromatic nitrogens is 1. The van der Waals surface area contributed by atoms with Gasteiger partial charge in [0.05, 0.1) is 5.69 Å². The number of hydrogen-bond acceptors (Lipinski definition) is 4. The lowest BCUT2D eigenvalue weighted by Crippen LogP contribution is -2.09. The third-order valence-corrected chi connectivity index (χ3v) is 3.87. The maximum atomic E-state index is 11.8. The first-order chi connectivity index (χ1) is 8.06. The Hall–Kier alpha value is -1.27. The lowest BCUT2D eigenvalue weighted by molar-refractivity contribution is 0.0465.